The third-order valence-electron chi connectivity index (χ3n) is 5.63. The van der Waals surface area contributed by atoms with Crippen molar-refractivity contribution in [2.75, 3.05) is 31.1 Å². The minimum atomic E-state index is -0.352. The lowest BCUT2D eigenvalue weighted by atomic mass is 10.1. The first-order valence-electron chi connectivity index (χ1n) is 10.4. The number of hydrogen-bond acceptors (Lipinski definition) is 5. The number of allylic oxidation sites excluding steroid dienone is 5. The Morgan fingerprint density at radius 3 is 2.55 bits per heavy atom. The minimum absolute atomic E-state index is 0.352. The Balaban J connectivity index is 2.17. The number of anilines is 1. The molecule has 0 amide bonds. The molecule has 1 aliphatic heterocycles. The van der Waals surface area contributed by atoms with Gasteiger partial charge in [0.05, 0.1) is 22.6 Å². The molecule has 0 atom stereocenters. The summed E-state index contributed by atoms with van der Waals surface area (Å²) in [7, 11) is 0. The van der Waals surface area contributed by atoms with Crippen LogP contribution < -0.4 is 26.9 Å². The zero-order valence-electron chi connectivity index (χ0n) is 18.2. The van der Waals surface area contributed by atoms with Crippen LogP contribution in [0.1, 0.15) is 13.8 Å². The molecule has 7 heteroatoms. The lowest BCUT2D eigenvalue weighted by Crippen LogP contribution is -2.49. The van der Waals surface area contributed by atoms with Gasteiger partial charge in [0.15, 0.2) is 5.82 Å². The molecule has 0 unspecified atom stereocenters. The van der Waals surface area contributed by atoms with Crippen molar-refractivity contribution in [3.63, 3.8) is 0 Å². The number of halogens is 1. The zero-order chi connectivity index (χ0) is 22.5. The maximum absolute atomic E-state index is 15.1. The van der Waals surface area contributed by atoms with Gasteiger partial charge in [0.1, 0.15) is 5.65 Å². The molecule has 0 bridgehead atoms. The SMILES string of the molecule is C=C/C=C\C(=C/N)C(=C)/C=c1\c(=C/N)[nH]c2ncc(F)c(N3CCN(C(C)C)CC3)c12. The molecule has 6 nitrogen and oxygen atoms in total. The van der Waals surface area contributed by atoms with E-state index in [0.29, 0.717) is 33.7 Å². The first-order chi connectivity index (χ1) is 14.9. The highest BCUT2D eigenvalue weighted by Crippen LogP contribution is 2.27. The smallest absolute Gasteiger partial charge is 0.165 e. The monoisotopic (exact) mass is 422 g/mol. The third-order valence-corrected chi connectivity index (χ3v) is 5.63. The van der Waals surface area contributed by atoms with Crippen molar-refractivity contribution in [3.8, 4) is 0 Å². The fourth-order valence-corrected chi connectivity index (χ4v) is 3.91. The molecule has 2 aromatic heterocycles. The Morgan fingerprint density at radius 1 is 1.26 bits per heavy atom. The molecule has 31 heavy (non-hydrogen) atoms. The molecule has 3 heterocycles. The van der Waals surface area contributed by atoms with E-state index in [-0.39, 0.29) is 5.82 Å². The topological polar surface area (TPSA) is 87.2 Å². The van der Waals surface area contributed by atoms with Crippen LogP contribution in [0.4, 0.5) is 10.1 Å². The number of aromatic nitrogens is 2. The van der Waals surface area contributed by atoms with Gasteiger partial charge < -0.3 is 21.4 Å². The number of hydrogen-bond donors (Lipinski definition) is 3. The molecule has 5 N–H and O–H groups in total. The maximum atomic E-state index is 15.1. The van der Waals surface area contributed by atoms with Gasteiger partial charge in [0, 0.05) is 49.8 Å². The molecule has 0 aliphatic carbocycles. The van der Waals surface area contributed by atoms with Crippen LogP contribution in [-0.2, 0) is 0 Å². The molecule has 0 spiro atoms. The van der Waals surface area contributed by atoms with E-state index in [4.69, 9.17) is 11.5 Å². The molecule has 0 radical (unpaired) electrons. The Kier molecular flexibility index (Phi) is 6.97. The number of piperazine rings is 1. The van der Waals surface area contributed by atoms with Crippen molar-refractivity contribution < 1.29 is 4.39 Å². The molecule has 0 aromatic carbocycles. The Labute approximate surface area is 182 Å². The molecular weight excluding hydrogens is 391 g/mol. The number of nitrogens with two attached hydrogens (primary N) is 2. The van der Waals surface area contributed by atoms with Crippen LogP contribution in [0.25, 0.3) is 23.3 Å². The molecule has 164 valence electrons. The fourth-order valence-electron chi connectivity index (χ4n) is 3.91. The van der Waals surface area contributed by atoms with Gasteiger partial charge in [0.25, 0.3) is 0 Å². The van der Waals surface area contributed by atoms with Crippen LogP contribution in [0, 0.1) is 5.82 Å². The summed E-state index contributed by atoms with van der Waals surface area (Å²) in [5.41, 5.74) is 14.2. The van der Waals surface area contributed by atoms with Crippen LogP contribution >= 0.6 is 0 Å². The van der Waals surface area contributed by atoms with Gasteiger partial charge in [-0.2, -0.15) is 0 Å². The average molecular weight is 423 g/mol. The number of nitrogens with zero attached hydrogens (tertiary/aromatic N) is 3. The lowest BCUT2D eigenvalue weighted by Gasteiger charge is -2.38. The summed E-state index contributed by atoms with van der Waals surface area (Å²) in [6.07, 6.45) is 11.3. The van der Waals surface area contributed by atoms with Gasteiger partial charge in [-0.25, -0.2) is 9.37 Å². The number of rotatable bonds is 6. The van der Waals surface area contributed by atoms with Crippen molar-refractivity contribution in [3.05, 3.63) is 71.3 Å². The predicted octanol–water partition coefficient (Wildman–Crippen LogP) is 1.85. The highest BCUT2D eigenvalue weighted by atomic mass is 19.1. The van der Waals surface area contributed by atoms with E-state index in [2.05, 4.69) is 46.8 Å². The quantitative estimate of drug-likeness (QED) is 0.619. The number of pyridine rings is 1. The molecule has 1 fully saturated rings. The average Bonchev–Trinajstić information content (AvgIpc) is 3.11. The van der Waals surface area contributed by atoms with E-state index in [1.165, 1.54) is 18.6 Å². The van der Waals surface area contributed by atoms with Crippen LogP contribution in [0.3, 0.4) is 0 Å². The second kappa shape index (κ2) is 9.66. The van der Waals surface area contributed by atoms with E-state index >= 15 is 4.39 Å². The van der Waals surface area contributed by atoms with E-state index in [0.717, 1.165) is 37.0 Å². The van der Waals surface area contributed by atoms with Gasteiger partial charge in [-0.05, 0) is 31.1 Å². The van der Waals surface area contributed by atoms with Gasteiger partial charge in [-0.15, -0.1) is 0 Å². The van der Waals surface area contributed by atoms with E-state index in [1.54, 1.807) is 12.2 Å². The molecule has 1 saturated heterocycles. The van der Waals surface area contributed by atoms with Crippen LogP contribution in [0.5, 0.6) is 0 Å². The third kappa shape index (κ3) is 4.56. The van der Waals surface area contributed by atoms with E-state index in [9.17, 15) is 0 Å². The van der Waals surface area contributed by atoms with Crippen LogP contribution in [0.2, 0.25) is 0 Å². The fraction of sp³-hybridized carbons (Fsp3) is 0.292. The van der Waals surface area contributed by atoms with Crippen molar-refractivity contribution >= 4 is 29.0 Å². The summed E-state index contributed by atoms with van der Waals surface area (Å²) in [4.78, 5) is 11.9. The van der Waals surface area contributed by atoms with Crippen molar-refractivity contribution in [1.29, 1.82) is 0 Å². The largest absolute Gasteiger partial charge is 0.404 e. The van der Waals surface area contributed by atoms with Gasteiger partial charge in [0.2, 0.25) is 0 Å². The van der Waals surface area contributed by atoms with E-state index in [1.807, 2.05) is 12.2 Å². The first-order valence-corrected chi connectivity index (χ1v) is 10.4. The van der Waals surface area contributed by atoms with E-state index < -0.39 is 0 Å². The van der Waals surface area contributed by atoms with Crippen molar-refractivity contribution in [2.24, 2.45) is 11.5 Å². The second-order valence-electron chi connectivity index (χ2n) is 7.80. The number of H-pyrrole nitrogens is 1. The number of nitrogens with one attached hydrogen (secondary N) is 1. The molecular formula is C24H31FN6. The van der Waals surface area contributed by atoms with Crippen LogP contribution in [-0.4, -0.2) is 47.1 Å². The Bertz CT molecular complexity index is 1150. The zero-order valence-corrected chi connectivity index (χ0v) is 18.2. The molecule has 0 saturated carbocycles. The molecule has 2 aromatic rings. The highest BCUT2D eigenvalue weighted by molar-refractivity contribution is 5.92. The lowest BCUT2D eigenvalue weighted by molar-refractivity contribution is 0.209. The standard InChI is InChI=1S/C24H31FN6/c1-5-6-7-18(13-26)17(4)12-19-21(14-27)29-24-22(19)23(20(25)15-28-24)31-10-8-30(9-11-31)16(2)3/h5-7,12-16H,1,4,8-11,26-27H2,2-3H3,(H,28,29)/b7-6-,18-13+,19-12+,21-14+. The van der Waals surface area contributed by atoms with Crippen molar-refractivity contribution in [2.45, 2.75) is 19.9 Å². The van der Waals surface area contributed by atoms with Gasteiger partial charge in [-0.1, -0.05) is 31.4 Å². The minimum Gasteiger partial charge on any atom is -0.404 e. The summed E-state index contributed by atoms with van der Waals surface area (Å²) < 4.78 is 15.1. The first kappa shape index (κ1) is 22.4. The molecule has 3 rings (SSSR count). The number of aromatic amines is 1. The normalized spacial score (nSPS) is 17.4. The summed E-state index contributed by atoms with van der Waals surface area (Å²) in [5.74, 6) is -0.352. The summed E-state index contributed by atoms with van der Waals surface area (Å²) in [5, 5.41) is 2.09. The second-order valence-corrected chi connectivity index (χ2v) is 7.80. The molecule has 1 aliphatic rings. The highest BCUT2D eigenvalue weighted by Gasteiger charge is 2.24. The summed E-state index contributed by atoms with van der Waals surface area (Å²) in [6.45, 7) is 15.4. The van der Waals surface area contributed by atoms with Gasteiger partial charge >= 0.3 is 0 Å². The Hall–Kier alpha value is -3.32. The van der Waals surface area contributed by atoms with Crippen molar-refractivity contribution in [1.82, 2.24) is 14.9 Å². The number of fused-ring (bicyclic) bond motifs is 1. The Morgan fingerprint density at radius 2 is 1.97 bits per heavy atom. The summed E-state index contributed by atoms with van der Waals surface area (Å²) >= 11 is 0. The van der Waals surface area contributed by atoms with Crippen LogP contribution in [0.15, 0.2) is 54.9 Å². The maximum Gasteiger partial charge on any atom is 0.165 e. The summed E-state index contributed by atoms with van der Waals surface area (Å²) in [6, 6.07) is 0.465. The predicted molar refractivity (Wildman–Crippen MR) is 128 cm³/mol. The van der Waals surface area contributed by atoms with Gasteiger partial charge in [-0.3, -0.25) is 4.90 Å².